The Hall–Kier alpha value is -17.4. The van der Waals surface area contributed by atoms with E-state index in [9.17, 15) is 5.26 Å². The van der Waals surface area contributed by atoms with Gasteiger partial charge in [0.1, 0.15) is 0 Å². The fourth-order valence-corrected chi connectivity index (χ4v) is 23.7. The van der Waals surface area contributed by atoms with Crippen molar-refractivity contribution >= 4 is 232 Å². The Bertz CT molecular complexity index is 8790. The van der Waals surface area contributed by atoms with Crippen molar-refractivity contribution in [2.75, 3.05) is 29.4 Å². The quantitative estimate of drug-likeness (QED) is 0.0381. The van der Waals surface area contributed by atoms with Crippen LogP contribution in [0.3, 0.4) is 0 Å². The highest BCUT2D eigenvalue weighted by Gasteiger charge is 2.30. The minimum atomic E-state index is -1.46. The van der Waals surface area contributed by atoms with Gasteiger partial charge < -0.3 is 29.4 Å². The molecule has 0 atom stereocenters. The molecule has 0 aliphatic rings. The van der Waals surface area contributed by atoms with Crippen LogP contribution in [-0.2, 0) is 0 Å². The van der Waals surface area contributed by atoms with Gasteiger partial charge in [0.15, 0.2) is 5.69 Å². The van der Waals surface area contributed by atoms with Crippen molar-refractivity contribution in [3.05, 3.63) is 500 Å². The van der Waals surface area contributed by atoms with Crippen molar-refractivity contribution in [1.29, 1.82) is 5.26 Å². The second-order valence-corrected chi connectivity index (χ2v) is 51.3. The second kappa shape index (κ2) is 39.1. The number of nitriles is 1. The van der Waals surface area contributed by atoms with Crippen LogP contribution in [0, 0.1) is 31.8 Å². The van der Waals surface area contributed by atoms with E-state index in [1.54, 1.807) is 0 Å². The highest BCUT2D eigenvalue weighted by Crippen LogP contribution is 2.54. The third-order valence-corrected chi connectivity index (χ3v) is 33.1. The fourth-order valence-electron chi connectivity index (χ4n) is 21.4. The second-order valence-electron chi connectivity index (χ2n) is 41.2. The predicted octanol–water partition coefficient (Wildman–Crippen LogP) is 38.9. The lowest BCUT2D eigenvalue weighted by Gasteiger charge is -2.30. The standard InChI is InChI=1S/C50H50N2Si.C44H38N2Si.C42H26N4/c1-33(2)36-11-21-41(22-12-36)51(40-19-9-35(5)10-20-40)47-31-17-38-16-30-46-48(32-18-39-15-29-45(47)49(38)50(39)46)52(42-23-13-37(14-24-42)34(3)4)43-25-27-44(28-26-43)53(6,7)8;1-31-15-21-36(22-16-31)45(34-11-7-5-8-12-34)41-29-19-32-18-28-40-42(30-20-33-17-27-39(41)43(32)44(33)40)46(35-13-9-6-10-14-35)37-23-25-38(26-24-37)47(2,3)4;1-44-32-11-9-17-36(27-32)46(34-14-6-3-7-15-34)40-25-21-31-18-22-37-39(24-20-30-19-23-38(40)42(31)41(30)37)45(33-12-4-2-5-13-33)35-16-8-10-29(26-35)28-43/h9-34H,1-8H3;5-30H,1-4H3;2-27H. The summed E-state index contributed by atoms with van der Waals surface area (Å²) < 4.78 is 0. The van der Waals surface area contributed by atoms with E-state index in [0.717, 1.165) is 84.1 Å². The first-order valence-corrected chi connectivity index (χ1v) is 57.7. The van der Waals surface area contributed by atoms with Crippen molar-refractivity contribution in [3.8, 4) is 6.07 Å². The SMILES string of the molecule is Cc1ccc(N(c2ccc(C(C)C)cc2)c2ccc3ccc4c(N(c5ccc(C(C)C)cc5)c5ccc([Si](C)(C)C)cc5)ccc5ccc2c3c54)cc1.Cc1ccc(N(c2ccccc2)c2ccc3ccc4c(N(c5ccccc5)c5ccc([Si](C)(C)C)cc5)ccc5ccc2c3c54)cc1.[C-]#[N+]c1cccc(N(c2ccccc2)c2ccc3ccc4c(N(c5ccccc5)c5cccc(C#N)c5)ccc5ccc2c3c54)c1. The first-order valence-electron chi connectivity index (χ1n) is 50.7. The van der Waals surface area contributed by atoms with Crippen molar-refractivity contribution in [3.63, 3.8) is 0 Å². The number of hydrogen-bond acceptors (Lipinski definition) is 7. The number of nitrogens with zero attached hydrogens (tertiary/aromatic N) is 8. The van der Waals surface area contributed by atoms with Crippen molar-refractivity contribution in [2.45, 2.75) is 92.7 Å². The van der Waals surface area contributed by atoms with Gasteiger partial charge in [-0.3, -0.25) is 0 Å². The highest BCUT2D eigenvalue weighted by molar-refractivity contribution is 6.89. The molecule has 0 heterocycles. The molecule has 24 aromatic carbocycles. The van der Waals surface area contributed by atoms with Crippen molar-refractivity contribution in [1.82, 2.24) is 0 Å². The van der Waals surface area contributed by atoms with E-state index in [4.69, 9.17) is 6.57 Å². The van der Waals surface area contributed by atoms with Gasteiger partial charge in [-0.25, -0.2) is 4.85 Å². The monoisotopic (exact) mass is 1910 g/mol. The molecule has 0 radical (unpaired) electrons. The van der Waals surface area contributed by atoms with E-state index in [-0.39, 0.29) is 0 Å². The zero-order valence-corrected chi connectivity index (χ0v) is 86.6. The van der Waals surface area contributed by atoms with E-state index in [1.165, 1.54) is 148 Å². The molecule has 0 amide bonds. The molecule has 24 rings (SSSR count). The number of anilines is 18. The predicted molar refractivity (Wildman–Crippen MR) is 633 cm³/mol. The summed E-state index contributed by atoms with van der Waals surface area (Å²) in [7, 11) is -2.88. The molecule has 0 spiro atoms. The molecule has 0 bridgehead atoms. The summed E-state index contributed by atoms with van der Waals surface area (Å²) in [6.07, 6.45) is 0. The summed E-state index contributed by atoms with van der Waals surface area (Å²) in [5.41, 5.74) is 26.4. The number of benzene rings is 24. The van der Waals surface area contributed by atoms with Gasteiger partial charge in [0.2, 0.25) is 0 Å². The van der Waals surface area contributed by atoms with Gasteiger partial charge in [0.05, 0.1) is 68.5 Å². The maximum atomic E-state index is 9.72. The number of hydrogen-bond donors (Lipinski definition) is 0. The normalized spacial score (nSPS) is 11.7. The number of para-hydroxylation sites is 4. The summed E-state index contributed by atoms with van der Waals surface area (Å²) in [6.45, 7) is 35.5. The Balaban J connectivity index is 0.000000125. The Morgan fingerprint density at radius 3 is 0.678 bits per heavy atom. The third kappa shape index (κ3) is 17.8. The fraction of sp³-hybridized carbons (Fsp3) is 0.103. The first-order chi connectivity index (χ1) is 71.1. The molecule has 0 N–H and O–H groups in total. The zero-order chi connectivity index (χ0) is 100. The smallest absolute Gasteiger partial charge is 0.189 e. The molecule has 10 heteroatoms. The van der Waals surface area contributed by atoms with E-state index in [1.807, 2.05) is 72.8 Å². The van der Waals surface area contributed by atoms with Crippen molar-refractivity contribution < 1.29 is 0 Å². The molecule has 0 fully saturated rings. The summed E-state index contributed by atoms with van der Waals surface area (Å²) >= 11 is 0. The van der Waals surface area contributed by atoms with Gasteiger partial charge in [-0.2, -0.15) is 5.26 Å². The van der Waals surface area contributed by atoms with Crippen LogP contribution in [0.5, 0.6) is 0 Å². The van der Waals surface area contributed by atoms with Crippen LogP contribution >= 0.6 is 0 Å². The first kappa shape index (κ1) is 93.6. The molecule has 8 nitrogen and oxygen atoms in total. The molecule has 706 valence electrons. The van der Waals surface area contributed by atoms with E-state index < -0.39 is 16.1 Å². The molecule has 0 aliphatic heterocycles. The zero-order valence-electron chi connectivity index (χ0n) is 84.6. The highest BCUT2D eigenvalue weighted by atomic mass is 28.3. The van der Waals surface area contributed by atoms with Gasteiger partial charge in [-0.1, -0.05) is 361 Å². The van der Waals surface area contributed by atoms with Gasteiger partial charge in [0, 0.05) is 101 Å². The van der Waals surface area contributed by atoms with Gasteiger partial charge in [-0.15, -0.1) is 0 Å². The molecule has 24 aromatic rings. The summed E-state index contributed by atoms with van der Waals surface area (Å²) in [5.74, 6) is 0.955. The van der Waals surface area contributed by atoms with Crippen LogP contribution in [0.15, 0.2) is 461 Å². The number of aryl methyl sites for hydroxylation is 2. The van der Waals surface area contributed by atoms with Gasteiger partial charge in [0.25, 0.3) is 0 Å². The Morgan fingerprint density at radius 1 is 0.226 bits per heavy atom. The van der Waals surface area contributed by atoms with E-state index in [0.29, 0.717) is 23.1 Å². The molecule has 0 saturated carbocycles. The minimum absolute atomic E-state index is 0.477. The average molecular weight is 1920 g/mol. The molecule has 146 heavy (non-hydrogen) atoms. The minimum Gasteiger partial charge on any atom is -0.311 e. The largest absolute Gasteiger partial charge is 0.311 e. The summed E-state index contributed by atoms with van der Waals surface area (Å²) in [5, 5.41) is 34.8. The summed E-state index contributed by atoms with van der Waals surface area (Å²) in [4.78, 5) is 17.9. The van der Waals surface area contributed by atoms with Gasteiger partial charge in [-0.05, 0) is 290 Å². The van der Waals surface area contributed by atoms with Crippen LogP contribution in [0.1, 0.15) is 67.3 Å². The van der Waals surface area contributed by atoms with E-state index in [2.05, 4.69) is 509 Å². The Kier molecular flexibility index (Phi) is 25.1. The average Bonchev–Trinajstić information content (AvgIpc) is 0.725. The topological polar surface area (TPSA) is 47.6 Å². The Labute approximate surface area is 858 Å². The van der Waals surface area contributed by atoms with Crippen LogP contribution in [0.2, 0.25) is 39.3 Å². The number of rotatable bonds is 22. The molecule has 0 aromatic heterocycles. The van der Waals surface area contributed by atoms with Crippen LogP contribution in [-0.4, -0.2) is 16.1 Å². The van der Waals surface area contributed by atoms with Crippen LogP contribution < -0.4 is 39.8 Å². The van der Waals surface area contributed by atoms with Crippen LogP contribution in [0.4, 0.5) is 108 Å². The lowest BCUT2D eigenvalue weighted by Crippen LogP contribution is -2.37. The molecular weight excluding hydrogens is 1800 g/mol. The maximum Gasteiger partial charge on any atom is 0.189 e. The van der Waals surface area contributed by atoms with Crippen LogP contribution in [0.25, 0.3) is 102 Å². The molecule has 0 unspecified atom stereocenters. The maximum absolute atomic E-state index is 9.72. The van der Waals surface area contributed by atoms with Crippen molar-refractivity contribution in [2.24, 2.45) is 0 Å². The molecule has 0 aliphatic carbocycles. The molecule has 0 saturated heterocycles. The van der Waals surface area contributed by atoms with Gasteiger partial charge >= 0.3 is 0 Å². The lowest BCUT2D eigenvalue weighted by atomic mass is 9.91. The van der Waals surface area contributed by atoms with E-state index >= 15 is 0 Å². The molecular formula is C136H114N8Si2. The lowest BCUT2D eigenvalue weighted by molar-refractivity contribution is 0.866. The summed E-state index contributed by atoms with van der Waals surface area (Å²) in [6, 6.07) is 169. The third-order valence-electron chi connectivity index (χ3n) is 29.0. The Morgan fingerprint density at radius 2 is 0.438 bits per heavy atom.